The van der Waals surface area contributed by atoms with E-state index in [4.69, 9.17) is 9.15 Å². The van der Waals surface area contributed by atoms with Gasteiger partial charge in [0.15, 0.2) is 0 Å². The molecule has 0 saturated carbocycles. The minimum atomic E-state index is 0.0435. The molecular weight excluding hydrogens is 350 g/mol. The molecule has 0 saturated heterocycles. The topological polar surface area (TPSA) is 42.7 Å². The van der Waals surface area contributed by atoms with Crippen LogP contribution in [0.3, 0.4) is 0 Å². The summed E-state index contributed by atoms with van der Waals surface area (Å²) < 4.78 is 11.4. The summed E-state index contributed by atoms with van der Waals surface area (Å²) >= 11 is 0. The Hall–Kier alpha value is -3.27. The van der Waals surface area contributed by atoms with Crippen LogP contribution >= 0.6 is 0 Å². The van der Waals surface area contributed by atoms with Gasteiger partial charge in [-0.2, -0.15) is 0 Å². The Morgan fingerprint density at radius 2 is 1.79 bits per heavy atom. The molecule has 4 heteroatoms. The molecule has 0 aliphatic heterocycles. The predicted octanol–water partition coefficient (Wildman–Crippen LogP) is 5.19. The first-order valence-electron chi connectivity index (χ1n) is 9.50. The Balaban J connectivity index is 1.58. The lowest BCUT2D eigenvalue weighted by Crippen LogP contribution is -2.27. The van der Waals surface area contributed by atoms with Gasteiger partial charge in [-0.1, -0.05) is 48.5 Å². The monoisotopic (exact) mass is 373 g/mol. The largest absolute Gasteiger partial charge is 0.494 e. The molecule has 4 nitrogen and oxygen atoms in total. The fraction of sp³-hybridized carbons (Fsp3) is 0.208. The van der Waals surface area contributed by atoms with Crippen molar-refractivity contribution in [1.82, 2.24) is 4.90 Å². The summed E-state index contributed by atoms with van der Waals surface area (Å²) in [5.74, 6) is 0.867. The molecule has 0 unspecified atom stereocenters. The zero-order valence-electron chi connectivity index (χ0n) is 16.1. The summed E-state index contributed by atoms with van der Waals surface area (Å²) in [6.07, 6.45) is 2.01. The van der Waals surface area contributed by atoms with E-state index in [-0.39, 0.29) is 5.91 Å². The van der Waals surface area contributed by atoms with E-state index < -0.39 is 0 Å². The van der Waals surface area contributed by atoms with Crippen LogP contribution < -0.4 is 4.74 Å². The fourth-order valence-electron chi connectivity index (χ4n) is 3.58. The lowest BCUT2D eigenvalue weighted by atomic mass is 10.0. The van der Waals surface area contributed by atoms with Gasteiger partial charge in [0.05, 0.1) is 19.3 Å². The van der Waals surface area contributed by atoms with Crippen LogP contribution in [0.1, 0.15) is 18.1 Å². The molecule has 0 radical (unpaired) electrons. The highest BCUT2D eigenvalue weighted by Crippen LogP contribution is 2.30. The number of carbonyl (C=O) groups excluding carboxylic acids is 1. The van der Waals surface area contributed by atoms with Gasteiger partial charge >= 0.3 is 0 Å². The Kier molecular flexibility index (Phi) is 5.02. The van der Waals surface area contributed by atoms with Gasteiger partial charge in [-0.25, -0.2) is 0 Å². The van der Waals surface area contributed by atoms with E-state index >= 15 is 0 Å². The zero-order valence-corrected chi connectivity index (χ0v) is 16.1. The third-order valence-corrected chi connectivity index (χ3v) is 4.99. The van der Waals surface area contributed by atoms with Crippen molar-refractivity contribution in [2.24, 2.45) is 0 Å². The number of furan rings is 1. The van der Waals surface area contributed by atoms with E-state index in [1.165, 1.54) is 0 Å². The minimum absolute atomic E-state index is 0.0435. The summed E-state index contributed by atoms with van der Waals surface area (Å²) in [4.78, 5) is 14.6. The van der Waals surface area contributed by atoms with E-state index in [2.05, 4.69) is 12.1 Å². The molecule has 0 N–H and O–H groups in total. The summed E-state index contributed by atoms with van der Waals surface area (Å²) in [7, 11) is 1.82. The third-order valence-electron chi connectivity index (χ3n) is 4.99. The summed E-state index contributed by atoms with van der Waals surface area (Å²) in [6.45, 7) is 3.06. The first-order chi connectivity index (χ1) is 13.7. The second kappa shape index (κ2) is 7.77. The number of benzene rings is 3. The number of hydrogen-bond acceptors (Lipinski definition) is 3. The summed E-state index contributed by atoms with van der Waals surface area (Å²) in [5.41, 5.74) is 2.73. The highest BCUT2D eigenvalue weighted by Gasteiger charge is 2.17. The van der Waals surface area contributed by atoms with Crippen LogP contribution in [0.15, 0.2) is 71.3 Å². The zero-order chi connectivity index (χ0) is 19.5. The molecule has 28 heavy (non-hydrogen) atoms. The molecule has 0 atom stereocenters. The molecule has 4 rings (SSSR count). The van der Waals surface area contributed by atoms with Crippen molar-refractivity contribution in [2.75, 3.05) is 13.7 Å². The quantitative estimate of drug-likeness (QED) is 0.467. The van der Waals surface area contributed by atoms with Crippen molar-refractivity contribution < 1.29 is 13.9 Å². The number of carbonyl (C=O) groups is 1. The first kappa shape index (κ1) is 18.1. The third kappa shape index (κ3) is 3.46. The van der Waals surface area contributed by atoms with Crippen molar-refractivity contribution >= 4 is 27.6 Å². The molecule has 1 aromatic heterocycles. The normalized spacial score (nSPS) is 11.1. The Morgan fingerprint density at radius 1 is 1.00 bits per heavy atom. The predicted molar refractivity (Wildman–Crippen MR) is 112 cm³/mol. The molecule has 0 bridgehead atoms. The van der Waals surface area contributed by atoms with Gasteiger partial charge in [0.1, 0.15) is 11.3 Å². The highest BCUT2D eigenvalue weighted by atomic mass is 16.5. The van der Waals surface area contributed by atoms with Crippen LogP contribution in [-0.2, 0) is 17.8 Å². The average molecular weight is 373 g/mol. The molecule has 3 aromatic carbocycles. The van der Waals surface area contributed by atoms with Crippen LogP contribution in [-0.4, -0.2) is 24.5 Å². The molecule has 0 aliphatic rings. The molecule has 4 aromatic rings. The lowest BCUT2D eigenvalue weighted by molar-refractivity contribution is -0.129. The number of nitrogens with zero attached hydrogens (tertiary/aromatic N) is 1. The second-order valence-electron chi connectivity index (χ2n) is 6.89. The number of fused-ring (bicyclic) bond motifs is 3. The van der Waals surface area contributed by atoms with E-state index in [1.54, 1.807) is 11.2 Å². The van der Waals surface area contributed by atoms with Gasteiger partial charge < -0.3 is 14.1 Å². The van der Waals surface area contributed by atoms with Gasteiger partial charge in [-0.05, 0) is 29.8 Å². The second-order valence-corrected chi connectivity index (χ2v) is 6.89. The molecule has 142 valence electrons. The van der Waals surface area contributed by atoms with E-state index in [9.17, 15) is 4.79 Å². The number of amides is 1. The Morgan fingerprint density at radius 3 is 2.64 bits per heavy atom. The van der Waals surface area contributed by atoms with E-state index in [0.29, 0.717) is 19.6 Å². The molecule has 0 fully saturated rings. The van der Waals surface area contributed by atoms with Gasteiger partial charge in [-0.3, -0.25) is 4.79 Å². The lowest BCUT2D eigenvalue weighted by Gasteiger charge is -2.19. The van der Waals surface area contributed by atoms with Crippen molar-refractivity contribution in [2.45, 2.75) is 19.9 Å². The van der Waals surface area contributed by atoms with Crippen molar-refractivity contribution in [3.63, 3.8) is 0 Å². The molecule has 0 aliphatic carbocycles. The molecule has 0 spiro atoms. The maximum absolute atomic E-state index is 12.9. The van der Waals surface area contributed by atoms with Crippen molar-refractivity contribution in [3.8, 4) is 5.75 Å². The maximum Gasteiger partial charge on any atom is 0.227 e. The average Bonchev–Trinajstić information content (AvgIpc) is 3.13. The number of ether oxygens (including phenoxy) is 1. The Labute approximate surface area is 164 Å². The van der Waals surface area contributed by atoms with Gasteiger partial charge in [-0.15, -0.1) is 0 Å². The number of hydrogen-bond donors (Lipinski definition) is 0. The van der Waals surface area contributed by atoms with Gasteiger partial charge in [0.2, 0.25) is 5.91 Å². The SMILES string of the molecule is CCOc1ccccc1CN(C)C(=O)Cc1coc2ccc3ccccc3c12. The maximum atomic E-state index is 12.9. The number of rotatable bonds is 6. The summed E-state index contributed by atoms with van der Waals surface area (Å²) in [5, 5.41) is 3.28. The number of likely N-dealkylation sites (N-methyl/N-ethyl adjacent to an activating group) is 1. The van der Waals surface area contributed by atoms with Crippen LogP contribution in [0.4, 0.5) is 0 Å². The van der Waals surface area contributed by atoms with Gasteiger partial charge in [0.25, 0.3) is 0 Å². The standard InChI is InChI=1S/C24H23NO3/c1-3-27-21-11-7-5-9-18(21)15-25(2)23(26)14-19-16-28-22-13-12-17-8-4-6-10-20(17)24(19)22/h4-13,16H,3,14-15H2,1-2H3. The van der Waals surface area contributed by atoms with E-state index in [0.717, 1.165) is 38.6 Å². The smallest absolute Gasteiger partial charge is 0.227 e. The van der Waals surface area contributed by atoms with E-state index in [1.807, 2.05) is 62.5 Å². The van der Waals surface area contributed by atoms with Crippen LogP contribution in [0.25, 0.3) is 21.7 Å². The van der Waals surface area contributed by atoms with Gasteiger partial charge in [0, 0.05) is 30.1 Å². The summed E-state index contributed by atoms with van der Waals surface area (Å²) in [6, 6.07) is 20.0. The number of para-hydroxylation sites is 1. The highest BCUT2D eigenvalue weighted by molar-refractivity contribution is 6.08. The first-order valence-corrected chi connectivity index (χ1v) is 9.50. The fourth-order valence-corrected chi connectivity index (χ4v) is 3.58. The van der Waals surface area contributed by atoms with Crippen molar-refractivity contribution in [3.05, 3.63) is 78.1 Å². The minimum Gasteiger partial charge on any atom is -0.494 e. The molecular formula is C24H23NO3. The Bertz CT molecular complexity index is 1130. The van der Waals surface area contributed by atoms with Crippen LogP contribution in [0, 0.1) is 0 Å². The van der Waals surface area contributed by atoms with Crippen molar-refractivity contribution in [1.29, 1.82) is 0 Å². The molecule has 1 heterocycles. The molecule has 1 amide bonds. The van der Waals surface area contributed by atoms with Crippen LogP contribution in [0.2, 0.25) is 0 Å². The van der Waals surface area contributed by atoms with Crippen LogP contribution in [0.5, 0.6) is 5.75 Å².